The summed E-state index contributed by atoms with van der Waals surface area (Å²) in [5, 5.41) is 13.9. The number of piperazine rings is 1. The largest absolute Gasteiger partial charge is 0.369 e. The van der Waals surface area contributed by atoms with Gasteiger partial charge < -0.3 is 10.2 Å². The zero-order chi connectivity index (χ0) is 22.3. The van der Waals surface area contributed by atoms with Gasteiger partial charge in [-0.15, -0.1) is 0 Å². The first kappa shape index (κ1) is 21.5. The van der Waals surface area contributed by atoms with Crippen molar-refractivity contribution >= 4 is 23.0 Å². The fourth-order valence-electron chi connectivity index (χ4n) is 3.95. The van der Waals surface area contributed by atoms with E-state index in [1.165, 1.54) is 17.7 Å². The molecule has 1 aliphatic heterocycles. The molecule has 1 aliphatic rings. The van der Waals surface area contributed by atoms with Crippen LogP contribution in [0, 0.1) is 10.1 Å². The first-order chi connectivity index (χ1) is 15.6. The van der Waals surface area contributed by atoms with Crippen molar-refractivity contribution in [1.82, 2.24) is 4.90 Å². The number of anilines is 2. The van der Waals surface area contributed by atoms with Crippen molar-refractivity contribution in [2.45, 2.75) is 6.42 Å². The fourth-order valence-corrected chi connectivity index (χ4v) is 3.95. The van der Waals surface area contributed by atoms with Crippen LogP contribution in [0.1, 0.15) is 11.1 Å². The van der Waals surface area contributed by atoms with Gasteiger partial charge in [0.25, 0.3) is 5.69 Å². The molecule has 164 valence electrons. The lowest BCUT2D eigenvalue weighted by atomic mass is 10.0. The number of benzene rings is 3. The summed E-state index contributed by atoms with van der Waals surface area (Å²) in [5.41, 5.74) is 4.21. The molecule has 3 aromatic carbocycles. The van der Waals surface area contributed by atoms with Crippen LogP contribution in [0.3, 0.4) is 0 Å². The summed E-state index contributed by atoms with van der Waals surface area (Å²) < 4.78 is 0. The molecule has 0 spiro atoms. The van der Waals surface area contributed by atoms with Crippen LogP contribution < -0.4 is 10.2 Å². The Balaban J connectivity index is 1.30. The van der Waals surface area contributed by atoms with Gasteiger partial charge in [0.05, 0.1) is 11.5 Å². The third-order valence-corrected chi connectivity index (χ3v) is 5.69. The minimum atomic E-state index is -0.391. The molecule has 1 fully saturated rings. The highest BCUT2D eigenvalue weighted by Crippen LogP contribution is 2.21. The maximum Gasteiger partial charge on any atom is 0.269 e. The molecule has 0 radical (unpaired) electrons. The lowest BCUT2D eigenvalue weighted by Gasteiger charge is -2.35. The molecular formula is C25H26N4O3. The zero-order valence-electron chi connectivity index (χ0n) is 17.8. The van der Waals surface area contributed by atoms with Crippen LogP contribution in [-0.2, 0) is 11.2 Å². The number of hydrogen-bond acceptors (Lipinski definition) is 5. The Morgan fingerprint density at radius 3 is 2.22 bits per heavy atom. The molecule has 4 rings (SSSR count). The average Bonchev–Trinajstić information content (AvgIpc) is 2.81. The van der Waals surface area contributed by atoms with E-state index >= 15 is 0 Å². The van der Waals surface area contributed by atoms with Crippen molar-refractivity contribution in [3.8, 4) is 0 Å². The Bertz CT molecular complexity index is 1060. The van der Waals surface area contributed by atoms with Crippen molar-refractivity contribution in [2.75, 3.05) is 42.9 Å². The standard InChI is InChI=1S/C25H26N4O3/c30-25(26-24-9-5-4-8-21(24)18-20-6-2-1-3-7-20)19-27-14-16-28(17-15-27)22-10-12-23(13-11-22)29(31)32/h1-13H,14-19H2,(H,26,30). The van der Waals surface area contributed by atoms with Gasteiger partial charge in [0.1, 0.15) is 0 Å². The number of hydrogen-bond donors (Lipinski definition) is 1. The second-order valence-corrected chi connectivity index (χ2v) is 7.90. The first-order valence-electron chi connectivity index (χ1n) is 10.7. The van der Waals surface area contributed by atoms with Crippen molar-refractivity contribution in [3.05, 3.63) is 100 Å². The molecular weight excluding hydrogens is 404 g/mol. The van der Waals surface area contributed by atoms with E-state index in [2.05, 4.69) is 27.2 Å². The lowest BCUT2D eigenvalue weighted by Crippen LogP contribution is -2.48. The van der Waals surface area contributed by atoms with E-state index in [0.29, 0.717) is 6.54 Å². The number of carbonyl (C=O) groups is 1. The number of non-ortho nitro benzene ring substituents is 1. The number of para-hydroxylation sites is 1. The highest BCUT2D eigenvalue weighted by Gasteiger charge is 2.20. The molecule has 32 heavy (non-hydrogen) atoms. The number of nitro benzene ring substituents is 1. The van der Waals surface area contributed by atoms with Crippen LogP contribution in [0.15, 0.2) is 78.9 Å². The molecule has 1 amide bonds. The second kappa shape index (κ2) is 10.1. The Morgan fingerprint density at radius 1 is 0.875 bits per heavy atom. The molecule has 7 heteroatoms. The number of amides is 1. The van der Waals surface area contributed by atoms with E-state index in [1.807, 2.05) is 42.5 Å². The van der Waals surface area contributed by atoms with Crippen LogP contribution in [0.5, 0.6) is 0 Å². The number of nitrogens with zero attached hydrogens (tertiary/aromatic N) is 3. The van der Waals surface area contributed by atoms with E-state index in [9.17, 15) is 14.9 Å². The fraction of sp³-hybridized carbons (Fsp3) is 0.240. The molecule has 0 aliphatic carbocycles. The van der Waals surface area contributed by atoms with Crippen molar-refractivity contribution in [3.63, 3.8) is 0 Å². The Hall–Kier alpha value is -3.71. The number of nitro groups is 1. The van der Waals surface area contributed by atoms with Crippen LogP contribution >= 0.6 is 0 Å². The Morgan fingerprint density at radius 2 is 1.53 bits per heavy atom. The Labute approximate surface area is 187 Å². The van der Waals surface area contributed by atoms with Gasteiger partial charge in [-0.2, -0.15) is 0 Å². The van der Waals surface area contributed by atoms with Gasteiger partial charge in [-0.3, -0.25) is 19.8 Å². The second-order valence-electron chi connectivity index (χ2n) is 7.90. The summed E-state index contributed by atoms with van der Waals surface area (Å²) in [5.74, 6) is -0.0192. The maximum absolute atomic E-state index is 12.7. The van der Waals surface area contributed by atoms with Gasteiger partial charge in [0.15, 0.2) is 0 Å². The molecule has 0 bridgehead atoms. The maximum atomic E-state index is 12.7. The van der Waals surface area contributed by atoms with Crippen molar-refractivity contribution < 1.29 is 9.72 Å². The van der Waals surface area contributed by atoms with E-state index in [1.54, 1.807) is 12.1 Å². The van der Waals surface area contributed by atoms with Crippen molar-refractivity contribution in [2.24, 2.45) is 0 Å². The number of carbonyl (C=O) groups excluding carboxylic acids is 1. The van der Waals surface area contributed by atoms with Gasteiger partial charge in [-0.25, -0.2) is 0 Å². The molecule has 7 nitrogen and oxygen atoms in total. The van der Waals surface area contributed by atoms with Crippen LogP contribution in [0.25, 0.3) is 0 Å². The first-order valence-corrected chi connectivity index (χ1v) is 10.7. The van der Waals surface area contributed by atoms with E-state index in [0.717, 1.165) is 49.5 Å². The predicted octanol–water partition coefficient (Wildman–Crippen LogP) is 3.95. The summed E-state index contributed by atoms with van der Waals surface area (Å²) in [6.45, 7) is 3.41. The van der Waals surface area contributed by atoms with Crippen LogP contribution in [0.4, 0.5) is 17.1 Å². The van der Waals surface area contributed by atoms with Crippen LogP contribution in [-0.4, -0.2) is 48.5 Å². The monoisotopic (exact) mass is 430 g/mol. The predicted molar refractivity (Wildman–Crippen MR) is 126 cm³/mol. The lowest BCUT2D eigenvalue weighted by molar-refractivity contribution is -0.384. The average molecular weight is 431 g/mol. The number of rotatable bonds is 7. The van der Waals surface area contributed by atoms with Crippen molar-refractivity contribution in [1.29, 1.82) is 0 Å². The molecule has 0 atom stereocenters. The summed E-state index contributed by atoms with van der Waals surface area (Å²) in [7, 11) is 0. The number of nitrogens with one attached hydrogen (secondary N) is 1. The molecule has 0 saturated carbocycles. The Kier molecular flexibility index (Phi) is 6.77. The van der Waals surface area contributed by atoms with E-state index in [-0.39, 0.29) is 11.6 Å². The van der Waals surface area contributed by atoms with Gasteiger partial charge >= 0.3 is 0 Å². The minimum Gasteiger partial charge on any atom is -0.369 e. The SMILES string of the molecule is O=C(CN1CCN(c2ccc([N+](=O)[O-])cc2)CC1)Nc1ccccc1Cc1ccccc1. The molecule has 1 saturated heterocycles. The summed E-state index contributed by atoms with van der Waals surface area (Å²) in [6.07, 6.45) is 0.769. The quantitative estimate of drug-likeness (QED) is 0.454. The summed E-state index contributed by atoms with van der Waals surface area (Å²) in [6, 6.07) is 24.8. The van der Waals surface area contributed by atoms with Gasteiger partial charge in [0.2, 0.25) is 5.91 Å². The highest BCUT2D eigenvalue weighted by molar-refractivity contribution is 5.93. The molecule has 0 unspecified atom stereocenters. The van der Waals surface area contributed by atoms with Crippen LogP contribution in [0.2, 0.25) is 0 Å². The van der Waals surface area contributed by atoms with Gasteiger partial charge in [0, 0.05) is 49.7 Å². The van der Waals surface area contributed by atoms with E-state index < -0.39 is 4.92 Å². The normalized spacial score (nSPS) is 14.2. The van der Waals surface area contributed by atoms with Gasteiger partial charge in [-0.1, -0.05) is 48.5 Å². The highest BCUT2D eigenvalue weighted by atomic mass is 16.6. The third kappa shape index (κ3) is 5.50. The molecule has 3 aromatic rings. The minimum absolute atomic E-state index is 0.0192. The summed E-state index contributed by atoms with van der Waals surface area (Å²) >= 11 is 0. The summed E-state index contributed by atoms with van der Waals surface area (Å²) in [4.78, 5) is 27.5. The third-order valence-electron chi connectivity index (χ3n) is 5.69. The topological polar surface area (TPSA) is 78.7 Å². The smallest absolute Gasteiger partial charge is 0.269 e. The zero-order valence-corrected chi connectivity index (χ0v) is 17.8. The van der Waals surface area contributed by atoms with Gasteiger partial charge in [-0.05, 0) is 35.7 Å². The molecule has 1 heterocycles. The molecule has 1 N–H and O–H groups in total. The molecule has 0 aromatic heterocycles. The van der Waals surface area contributed by atoms with E-state index in [4.69, 9.17) is 0 Å².